The number of amides is 2. The Bertz CT molecular complexity index is 736. The number of aromatic nitrogens is 2. The van der Waals surface area contributed by atoms with Crippen molar-refractivity contribution in [2.45, 2.75) is 20.9 Å². The molecule has 0 fully saturated rings. The van der Waals surface area contributed by atoms with E-state index in [1.54, 1.807) is 6.92 Å². The lowest BCUT2D eigenvalue weighted by atomic mass is 10.3. The first kappa shape index (κ1) is 18.6. The van der Waals surface area contributed by atoms with Crippen LogP contribution in [-0.4, -0.2) is 33.0 Å². The van der Waals surface area contributed by atoms with Gasteiger partial charge in [-0.25, -0.2) is 8.78 Å². The fraction of sp³-hybridized carbons (Fsp3) is 0.231. The number of rotatable bonds is 7. The zero-order valence-electron chi connectivity index (χ0n) is 12.3. The number of benzene rings is 1. The number of nitrogens with zero attached hydrogens (tertiary/aromatic N) is 2. The first-order valence-electron chi connectivity index (χ1n) is 6.53. The van der Waals surface area contributed by atoms with E-state index in [0.29, 0.717) is 8.68 Å². The van der Waals surface area contributed by atoms with Crippen LogP contribution >= 0.6 is 34.9 Å². The third-order valence-corrected chi connectivity index (χ3v) is 5.85. The summed E-state index contributed by atoms with van der Waals surface area (Å²) >= 11 is 3.45. The average molecular weight is 390 g/mol. The van der Waals surface area contributed by atoms with E-state index in [0.717, 1.165) is 35.7 Å². The highest BCUT2D eigenvalue weighted by atomic mass is 32.2. The molecule has 2 rings (SSSR count). The Hall–Kier alpha value is -1.72. The molecule has 0 aliphatic rings. The van der Waals surface area contributed by atoms with Crippen molar-refractivity contribution >= 4 is 52.4 Å². The third-order valence-electron chi connectivity index (χ3n) is 2.58. The molecule has 1 heterocycles. The molecule has 11 heteroatoms. The molecule has 3 N–H and O–H groups in total. The SMILES string of the molecule is C[C@H](Sc1nnc(SCC(N)=O)s1)C(=O)Nc1c(F)cccc1F. The van der Waals surface area contributed by atoms with Crippen LogP contribution in [0.3, 0.4) is 0 Å². The molecule has 0 unspecified atom stereocenters. The van der Waals surface area contributed by atoms with Gasteiger partial charge in [-0.15, -0.1) is 10.2 Å². The first-order valence-corrected chi connectivity index (χ1v) is 9.21. The Balaban J connectivity index is 1.95. The smallest absolute Gasteiger partial charge is 0.237 e. The molecule has 1 atom stereocenters. The summed E-state index contributed by atoms with van der Waals surface area (Å²) in [6.07, 6.45) is 0. The summed E-state index contributed by atoms with van der Waals surface area (Å²) in [5.74, 6) is -2.64. The highest BCUT2D eigenvalue weighted by Gasteiger charge is 2.20. The monoisotopic (exact) mass is 390 g/mol. The topological polar surface area (TPSA) is 98.0 Å². The molecule has 1 aromatic carbocycles. The van der Waals surface area contributed by atoms with Gasteiger partial charge in [0.15, 0.2) is 8.68 Å². The van der Waals surface area contributed by atoms with Crippen molar-refractivity contribution in [2.75, 3.05) is 11.1 Å². The number of nitrogens with two attached hydrogens (primary N) is 1. The predicted molar refractivity (Wildman–Crippen MR) is 90.1 cm³/mol. The molecule has 2 amide bonds. The van der Waals surface area contributed by atoms with Gasteiger partial charge in [0, 0.05) is 0 Å². The Morgan fingerprint density at radius 2 is 1.92 bits per heavy atom. The second-order valence-electron chi connectivity index (χ2n) is 4.43. The van der Waals surface area contributed by atoms with Crippen LogP contribution in [0.4, 0.5) is 14.5 Å². The van der Waals surface area contributed by atoms with Gasteiger partial charge in [0.05, 0.1) is 11.0 Å². The van der Waals surface area contributed by atoms with Crippen LogP contribution in [0.2, 0.25) is 0 Å². The van der Waals surface area contributed by atoms with Crippen LogP contribution in [0.1, 0.15) is 6.92 Å². The lowest BCUT2D eigenvalue weighted by molar-refractivity contribution is -0.116. The number of hydrogen-bond donors (Lipinski definition) is 2. The molecule has 24 heavy (non-hydrogen) atoms. The molecular formula is C13H12F2N4O2S3. The largest absolute Gasteiger partial charge is 0.369 e. The van der Waals surface area contributed by atoms with E-state index in [-0.39, 0.29) is 5.75 Å². The Morgan fingerprint density at radius 1 is 1.29 bits per heavy atom. The fourth-order valence-electron chi connectivity index (χ4n) is 1.48. The minimum atomic E-state index is -0.846. The van der Waals surface area contributed by atoms with Crippen LogP contribution < -0.4 is 11.1 Å². The molecular weight excluding hydrogens is 378 g/mol. The summed E-state index contributed by atoms with van der Waals surface area (Å²) in [5.41, 5.74) is 4.56. The van der Waals surface area contributed by atoms with Crippen molar-refractivity contribution in [3.8, 4) is 0 Å². The lowest BCUT2D eigenvalue weighted by Crippen LogP contribution is -2.23. The van der Waals surface area contributed by atoms with Crippen molar-refractivity contribution < 1.29 is 18.4 Å². The van der Waals surface area contributed by atoms with Crippen molar-refractivity contribution in [1.29, 1.82) is 0 Å². The van der Waals surface area contributed by atoms with E-state index >= 15 is 0 Å². The van der Waals surface area contributed by atoms with Crippen molar-refractivity contribution in [2.24, 2.45) is 5.73 Å². The Morgan fingerprint density at radius 3 is 2.54 bits per heavy atom. The molecule has 0 radical (unpaired) electrons. The maximum atomic E-state index is 13.5. The molecule has 128 valence electrons. The number of anilines is 1. The van der Waals surface area contributed by atoms with Crippen LogP contribution in [0, 0.1) is 11.6 Å². The second-order valence-corrected chi connectivity index (χ2v) is 8.22. The summed E-state index contributed by atoms with van der Waals surface area (Å²) in [7, 11) is 0. The number of thioether (sulfide) groups is 2. The Labute approximate surface area is 148 Å². The van der Waals surface area contributed by atoms with E-state index < -0.39 is 34.4 Å². The summed E-state index contributed by atoms with van der Waals surface area (Å²) in [6.45, 7) is 1.58. The molecule has 0 aliphatic carbocycles. The van der Waals surface area contributed by atoms with Crippen molar-refractivity contribution in [3.63, 3.8) is 0 Å². The van der Waals surface area contributed by atoms with E-state index in [2.05, 4.69) is 15.5 Å². The van der Waals surface area contributed by atoms with Gasteiger partial charge in [-0.05, 0) is 19.1 Å². The first-order chi connectivity index (χ1) is 11.4. The molecule has 0 saturated heterocycles. The number of para-hydroxylation sites is 1. The quantitative estimate of drug-likeness (QED) is 0.705. The van der Waals surface area contributed by atoms with Gasteiger partial charge < -0.3 is 11.1 Å². The standard InChI is InChI=1S/C13H12F2N4O2S3/c1-6(11(21)17-10-7(14)3-2-4-8(10)15)23-13-19-18-12(24-13)22-5-9(16)20/h2-4,6H,5H2,1H3,(H2,16,20)(H,17,21)/t6-/m0/s1. The van der Waals surface area contributed by atoms with Gasteiger partial charge in [-0.3, -0.25) is 9.59 Å². The minimum Gasteiger partial charge on any atom is -0.369 e. The van der Waals surface area contributed by atoms with Gasteiger partial charge in [-0.2, -0.15) is 0 Å². The average Bonchev–Trinajstić information content (AvgIpc) is 2.96. The summed E-state index contributed by atoms with van der Waals surface area (Å²) < 4.78 is 28.1. The number of halogens is 2. The summed E-state index contributed by atoms with van der Waals surface area (Å²) in [5, 5.41) is 9.33. The molecule has 1 aromatic heterocycles. The van der Waals surface area contributed by atoms with Gasteiger partial charge in [0.1, 0.15) is 17.3 Å². The van der Waals surface area contributed by atoms with E-state index in [9.17, 15) is 18.4 Å². The highest BCUT2D eigenvalue weighted by molar-refractivity contribution is 8.04. The van der Waals surface area contributed by atoms with Gasteiger partial charge in [0.2, 0.25) is 11.8 Å². The van der Waals surface area contributed by atoms with Crippen LogP contribution in [0.15, 0.2) is 26.9 Å². The van der Waals surface area contributed by atoms with E-state index in [4.69, 9.17) is 5.73 Å². The molecule has 0 aliphatic heterocycles. The fourth-order valence-corrected chi connectivity index (χ4v) is 4.39. The number of nitrogens with one attached hydrogen (secondary N) is 1. The maximum absolute atomic E-state index is 13.5. The number of carbonyl (C=O) groups excluding carboxylic acids is 2. The molecule has 0 spiro atoms. The maximum Gasteiger partial charge on any atom is 0.237 e. The number of primary amides is 1. The van der Waals surface area contributed by atoms with Crippen molar-refractivity contribution in [1.82, 2.24) is 10.2 Å². The number of hydrogen-bond acceptors (Lipinski definition) is 7. The third kappa shape index (κ3) is 5.14. The van der Waals surface area contributed by atoms with Gasteiger partial charge in [0.25, 0.3) is 0 Å². The van der Waals surface area contributed by atoms with E-state index in [1.165, 1.54) is 17.4 Å². The van der Waals surface area contributed by atoms with Gasteiger partial charge in [-0.1, -0.05) is 40.9 Å². The molecule has 2 aromatic rings. The minimum absolute atomic E-state index is 0.0852. The Kier molecular flexibility index (Phi) is 6.52. The van der Waals surface area contributed by atoms with E-state index in [1.807, 2.05) is 0 Å². The van der Waals surface area contributed by atoms with Crippen LogP contribution in [0.25, 0.3) is 0 Å². The zero-order valence-corrected chi connectivity index (χ0v) is 14.7. The lowest BCUT2D eigenvalue weighted by Gasteiger charge is -2.11. The second kappa shape index (κ2) is 8.40. The normalized spacial score (nSPS) is 12.0. The zero-order chi connectivity index (χ0) is 17.7. The number of carbonyl (C=O) groups is 2. The highest BCUT2D eigenvalue weighted by Crippen LogP contribution is 2.31. The molecule has 6 nitrogen and oxygen atoms in total. The van der Waals surface area contributed by atoms with Crippen LogP contribution in [0.5, 0.6) is 0 Å². The van der Waals surface area contributed by atoms with Crippen LogP contribution in [-0.2, 0) is 9.59 Å². The predicted octanol–water partition coefficient (Wildman–Crippen LogP) is 2.51. The summed E-state index contributed by atoms with van der Waals surface area (Å²) in [4.78, 5) is 22.8. The van der Waals surface area contributed by atoms with Crippen molar-refractivity contribution in [3.05, 3.63) is 29.8 Å². The summed E-state index contributed by atoms with van der Waals surface area (Å²) in [6, 6.07) is 3.33. The van der Waals surface area contributed by atoms with Gasteiger partial charge >= 0.3 is 0 Å². The molecule has 0 saturated carbocycles. The molecule has 0 bridgehead atoms.